The van der Waals surface area contributed by atoms with Crippen LogP contribution >= 0.6 is 0 Å². The molecule has 2 N–H and O–H groups in total. The van der Waals surface area contributed by atoms with Crippen molar-refractivity contribution in [1.29, 1.82) is 0 Å². The number of hydrogen-bond acceptors (Lipinski definition) is 7. The smallest absolute Gasteiger partial charge is 0.234 e. The molecule has 9 nitrogen and oxygen atoms in total. The van der Waals surface area contributed by atoms with Gasteiger partial charge in [0.15, 0.2) is 21.3 Å². The fraction of sp³-hybridized carbons (Fsp3) is 0.600. The molecule has 4 rings (SSSR count). The van der Waals surface area contributed by atoms with Crippen molar-refractivity contribution < 1.29 is 27.5 Å². The molecule has 0 spiro atoms. The van der Waals surface area contributed by atoms with E-state index in [-0.39, 0.29) is 42.6 Å². The van der Waals surface area contributed by atoms with E-state index in [1.807, 2.05) is 4.90 Å². The van der Waals surface area contributed by atoms with Crippen molar-refractivity contribution in [3.8, 4) is 11.5 Å². The van der Waals surface area contributed by atoms with Gasteiger partial charge in [-0.2, -0.15) is 0 Å². The highest BCUT2D eigenvalue weighted by molar-refractivity contribution is 7.91. The van der Waals surface area contributed by atoms with Crippen LogP contribution in [0.2, 0.25) is 0 Å². The quantitative estimate of drug-likeness (QED) is 0.699. The summed E-state index contributed by atoms with van der Waals surface area (Å²) in [6.45, 7) is 3.46. The lowest BCUT2D eigenvalue weighted by Gasteiger charge is -2.32. The van der Waals surface area contributed by atoms with Crippen molar-refractivity contribution in [1.82, 2.24) is 10.2 Å². The van der Waals surface area contributed by atoms with Crippen molar-refractivity contribution in [2.75, 3.05) is 43.2 Å². The van der Waals surface area contributed by atoms with Crippen molar-refractivity contribution in [3.05, 3.63) is 18.2 Å². The minimum atomic E-state index is -3.07. The third-order valence-electron chi connectivity index (χ3n) is 5.91. The molecule has 1 unspecified atom stereocenters. The molecule has 3 heterocycles. The Labute approximate surface area is 176 Å². The normalized spacial score (nSPS) is 25.8. The van der Waals surface area contributed by atoms with E-state index in [4.69, 9.17) is 9.47 Å². The van der Waals surface area contributed by atoms with E-state index in [2.05, 4.69) is 10.6 Å². The number of nitrogens with zero attached hydrogens (tertiary/aromatic N) is 1. The third-order valence-corrected chi connectivity index (χ3v) is 7.81. The van der Waals surface area contributed by atoms with Crippen molar-refractivity contribution in [3.63, 3.8) is 0 Å². The van der Waals surface area contributed by atoms with E-state index in [1.165, 1.54) is 0 Å². The number of rotatable bonds is 5. The Hall–Kier alpha value is -2.33. The van der Waals surface area contributed by atoms with Crippen LogP contribution in [0.3, 0.4) is 0 Å². The van der Waals surface area contributed by atoms with E-state index in [1.54, 1.807) is 25.1 Å². The minimum Gasteiger partial charge on any atom is -0.454 e. The number of ether oxygens (including phenoxy) is 2. The molecule has 0 bridgehead atoms. The Bertz CT molecular complexity index is 942. The Morgan fingerprint density at radius 2 is 1.93 bits per heavy atom. The third kappa shape index (κ3) is 4.86. The van der Waals surface area contributed by atoms with Gasteiger partial charge in [-0.05, 0) is 51.4 Å². The summed E-state index contributed by atoms with van der Waals surface area (Å²) in [4.78, 5) is 27.0. The number of anilines is 1. The van der Waals surface area contributed by atoms with Gasteiger partial charge in [0.2, 0.25) is 18.6 Å². The summed E-state index contributed by atoms with van der Waals surface area (Å²) in [5.41, 5.74) is -0.00975. The standard InChI is InChI=1S/C20H27N3O6S/c1-20(6-9-30(26,27)12-20)22-18(24)11-23-7-4-14(5-8-23)19(25)21-15-2-3-16-17(10-15)29-13-28-16/h2-3,10,14H,4-9,11-13H2,1H3,(H,21,25)(H,22,24). The number of hydrogen-bond donors (Lipinski definition) is 2. The highest BCUT2D eigenvalue weighted by Gasteiger charge is 2.39. The predicted octanol–water partition coefficient (Wildman–Crippen LogP) is 0.759. The maximum atomic E-state index is 12.6. The number of fused-ring (bicyclic) bond motifs is 1. The van der Waals surface area contributed by atoms with E-state index in [0.29, 0.717) is 49.5 Å². The molecule has 30 heavy (non-hydrogen) atoms. The van der Waals surface area contributed by atoms with Gasteiger partial charge in [0.25, 0.3) is 0 Å². The number of sulfone groups is 1. The number of carbonyl (C=O) groups is 2. The van der Waals surface area contributed by atoms with Gasteiger partial charge in [-0.1, -0.05) is 0 Å². The molecule has 164 valence electrons. The largest absolute Gasteiger partial charge is 0.454 e. The van der Waals surface area contributed by atoms with Crippen molar-refractivity contribution in [2.24, 2.45) is 5.92 Å². The molecule has 1 aromatic carbocycles. The first kappa shape index (κ1) is 20.9. The summed E-state index contributed by atoms with van der Waals surface area (Å²) >= 11 is 0. The van der Waals surface area contributed by atoms with Gasteiger partial charge in [0.1, 0.15) is 0 Å². The summed E-state index contributed by atoms with van der Waals surface area (Å²) < 4.78 is 34.0. The molecule has 2 amide bonds. The van der Waals surface area contributed by atoms with Crippen LogP contribution < -0.4 is 20.1 Å². The summed E-state index contributed by atoms with van der Waals surface area (Å²) in [6, 6.07) is 5.31. The summed E-state index contributed by atoms with van der Waals surface area (Å²) in [5.74, 6) is 1.08. The Morgan fingerprint density at radius 1 is 1.20 bits per heavy atom. The molecule has 1 aromatic rings. The topological polar surface area (TPSA) is 114 Å². The molecule has 2 fully saturated rings. The van der Waals surface area contributed by atoms with Crippen molar-refractivity contribution in [2.45, 2.75) is 31.7 Å². The molecule has 1 atom stereocenters. The van der Waals surface area contributed by atoms with Gasteiger partial charge < -0.3 is 20.1 Å². The monoisotopic (exact) mass is 437 g/mol. The molecule has 2 saturated heterocycles. The summed E-state index contributed by atoms with van der Waals surface area (Å²) in [5, 5.41) is 5.81. The lowest BCUT2D eigenvalue weighted by molar-refractivity contribution is -0.124. The molecule has 0 aliphatic carbocycles. The molecule has 3 aliphatic rings. The number of benzene rings is 1. The summed E-state index contributed by atoms with van der Waals surface area (Å²) in [6.07, 6.45) is 1.77. The zero-order chi connectivity index (χ0) is 21.4. The fourth-order valence-corrected chi connectivity index (χ4v) is 6.35. The molecule has 0 aromatic heterocycles. The van der Waals surface area contributed by atoms with Gasteiger partial charge in [-0.25, -0.2) is 8.42 Å². The van der Waals surface area contributed by atoms with Crippen LogP contribution in [0.4, 0.5) is 5.69 Å². The zero-order valence-electron chi connectivity index (χ0n) is 17.0. The fourth-order valence-electron chi connectivity index (χ4n) is 4.26. The Morgan fingerprint density at radius 3 is 2.63 bits per heavy atom. The first-order valence-electron chi connectivity index (χ1n) is 10.2. The average molecular weight is 438 g/mol. The van der Waals surface area contributed by atoms with Gasteiger partial charge in [-0.3, -0.25) is 14.5 Å². The van der Waals surface area contributed by atoms with Gasteiger partial charge in [-0.15, -0.1) is 0 Å². The first-order valence-corrected chi connectivity index (χ1v) is 12.0. The Kier molecular flexibility index (Phi) is 5.63. The maximum absolute atomic E-state index is 12.6. The zero-order valence-corrected chi connectivity index (χ0v) is 17.8. The van der Waals surface area contributed by atoms with E-state index >= 15 is 0 Å². The van der Waals surface area contributed by atoms with Crippen LogP contribution in [0.1, 0.15) is 26.2 Å². The molecule has 0 saturated carbocycles. The second-order valence-electron chi connectivity index (χ2n) is 8.56. The molecular weight excluding hydrogens is 410 g/mol. The highest BCUT2D eigenvalue weighted by Crippen LogP contribution is 2.34. The molecular formula is C20H27N3O6S. The van der Waals surface area contributed by atoms with E-state index in [0.717, 1.165) is 0 Å². The van der Waals surface area contributed by atoms with E-state index < -0.39 is 15.4 Å². The lowest BCUT2D eigenvalue weighted by Crippen LogP contribution is -2.51. The van der Waals surface area contributed by atoms with E-state index in [9.17, 15) is 18.0 Å². The number of carbonyl (C=O) groups excluding carboxylic acids is 2. The van der Waals surface area contributed by atoms with Crippen LogP contribution in [0.5, 0.6) is 11.5 Å². The Balaban J connectivity index is 1.23. The average Bonchev–Trinajstić information content (AvgIpc) is 3.25. The van der Waals surface area contributed by atoms with Crippen LogP contribution in [0.25, 0.3) is 0 Å². The van der Waals surface area contributed by atoms with Crippen LogP contribution in [-0.4, -0.2) is 68.6 Å². The minimum absolute atomic E-state index is 0.00611. The molecule has 0 radical (unpaired) electrons. The van der Waals surface area contributed by atoms with Crippen LogP contribution in [0.15, 0.2) is 18.2 Å². The molecule has 3 aliphatic heterocycles. The van der Waals surface area contributed by atoms with Gasteiger partial charge in [0.05, 0.1) is 23.6 Å². The number of nitrogens with one attached hydrogen (secondary N) is 2. The van der Waals surface area contributed by atoms with Gasteiger partial charge >= 0.3 is 0 Å². The second kappa shape index (κ2) is 8.07. The number of amides is 2. The molecule has 10 heteroatoms. The first-order chi connectivity index (χ1) is 14.2. The number of piperidine rings is 1. The van der Waals surface area contributed by atoms with Crippen molar-refractivity contribution >= 4 is 27.3 Å². The summed E-state index contributed by atoms with van der Waals surface area (Å²) in [7, 11) is -3.07. The van der Waals surface area contributed by atoms with Crippen LogP contribution in [-0.2, 0) is 19.4 Å². The SMILES string of the molecule is CC1(NC(=O)CN2CCC(C(=O)Nc3ccc4c(c3)OCO4)CC2)CCS(=O)(=O)C1. The highest BCUT2D eigenvalue weighted by atomic mass is 32.2. The second-order valence-corrected chi connectivity index (χ2v) is 10.7. The van der Waals surface area contributed by atoms with Crippen LogP contribution in [0, 0.1) is 5.92 Å². The lowest BCUT2D eigenvalue weighted by atomic mass is 9.95. The van der Waals surface area contributed by atoms with Gasteiger partial charge in [0, 0.05) is 17.7 Å². The predicted molar refractivity (Wildman–Crippen MR) is 110 cm³/mol. The maximum Gasteiger partial charge on any atom is 0.234 e. The number of likely N-dealkylation sites (tertiary alicyclic amines) is 1.